The van der Waals surface area contributed by atoms with Crippen molar-refractivity contribution in [2.75, 3.05) is 44.8 Å². The first kappa shape index (κ1) is 21.2. The molecule has 6 nitrogen and oxygen atoms in total. The average Bonchev–Trinajstić information content (AvgIpc) is 3.36. The first-order valence-electron chi connectivity index (χ1n) is 10.6. The van der Waals surface area contributed by atoms with Crippen molar-refractivity contribution in [2.24, 2.45) is 10.4 Å². The fraction of sp³-hybridized carbons (Fsp3) is 0.714. The Kier molecular flexibility index (Phi) is 7.80. The predicted octanol–water partition coefficient (Wildman–Crippen LogP) is 3.47. The zero-order chi connectivity index (χ0) is 19.8. The molecule has 0 bridgehead atoms. The van der Waals surface area contributed by atoms with Crippen LogP contribution in [0.15, 0.2) is 23.3 Å². The summed E-state index contributed by atoms with van der Waals surface area (Å²) >= 11 is 6.30. The smallest absolute Gasteiger partial charge is 0.191 e. The van der Waals surface area contributed by atoms with Gasteiger partial charge in [0.25, 0.3) is 0 Å². The Morgan fingerprint density at radius 1 is 1.43 bits per heavy atom. The molecular formula is C21H34ClN5O. The number of ether oxygens (including phenoxy) is 1. The van der Waals surface area contributed by atoms with Crippen LogP contribution >= 0.6 is 11.6 Å². The molecule has 0 aromatic carbocycles. The monoisotopic (exact) mass is 407 g/mol. The Bertz CT molecular complexity index is 647. The molecule has 1 aliphatic carbocycles. The maximum absolute atomic E-state index is 6.30. The maximum Gasteiger partial charge on any atom is 0.191 e. The Balaban J connectivity index is 1.50. The van der Waals surface area contributed by atoms with E-state index in [4.69, 9.17) is 16.3 Å². The number of aliphatic imine (C=N–C) groups is 1. The van der Waals surface area contributed by atoms with Crippen LogP contribution in [0.3, 0.4) is 0 Å². The Hall–Kier alpha value is -1.53. The Morgan fingerprint density at radius 3 is 2.96 bits per heavy atom. The van der Waals surface area contributed by atoms with Crippen LogP contribution in [0.2, 0.25) is 5.02 Å². The fourth-order valence-electron chi connectivity index (χ4n) is 4.41. The van der Waals surface area contributed by atoms with E-state index in [1.807, 2.05) is 19.2 Å². The van der Waals surface area contributed by atoms with Crippen molar-refractivity contribution in [2.45, 2.75) is 51.5 Å². The zero-order valence-corrected chi connectivity index (χ0v) is 18.0. The largest absolute Gasteiger partial charge is 0.382 e. The molecule has 1 aliphatic heterocycles. The number of rotatable bonds is 8. The van der Waals surface area contributed by atoms with Gasteiger partial charge in [-0.15, -0.1) is 0 Å². The summed E-state index contributed by atoms with van der Waals surface area (Å²) in [5.74, 6) is 1.76. The van der Waals surface area contributed by atoms with Gasteiger partial charge in [0.1, 0.15) is 5.82 Å². The van der Waals surface area contributed by atoms with E-state index >= 15 is 0 Å². The maximum atomic E-state index is 6.30. The van der Waals surface area contributed by atoms with Crippen molar-refractivity contribution in [3.63, 3.8) is 0 Å². The van der Waals surface area contributed by atoms with Gasteiger partial charge in [-0.25, -0.2) is 4.98 Å². The van der Waals surface area contributed by atoms with Crippen LogP contribution in [0.1, 0.15) is 45.4 Å². The van der Waals surface area contributed by atoms with Crippen LogP contribution in [-0.4, -0.2) is 56.9 Å². The van der Waals surface area contributed by atoms with Crippen molar-refractivity contribution in [3.05, 3.63) is 23.4 Å². The van der Waals surface area contributed by atoms with Crippen LogP contribution in [0.5, 0.6) is 0 Å². The molecule has 7 heteroatoms. The van der Waals surface area contributed by atoms with Gasteiger partial charge in [0.05, 0.1) is 5.02 Å². The summed E-state index contributed by atoms with van der Waals surface area (Å²) in [5.41, 5.74) is 0.343. The van der Waals surface area contributed by atoms with Crippen LogP contribution in [0.25, 0.3) is 0 Å². The fourth-order valence-corrected chi connectivity index (χ4v) is 4.65. The first-order valence-corrected chi connectivity index (χ1v) is 10.9. The van der Waals surface area contributed by atoms with E-state index in [-0.39, 0.29) is 0 Å². The molecular weight excluding hydrogens is 374 g/mol. The Morgan fingerprint density at radius 2 is 2.25 bits per heavy atom. The van der Waals surface area contributed by atoms with E-state index in [0.717, 1.165) is 57.5 Å². The lowest BCUT2D eigenvalue weighted by Crippen LogP contribution is -2.47. The van der Waals surface area contributed by atoms with Crippen molar-refractivity contribution in [3.8, 4) is 0 Å². The summed E-state index contributed by atoms with van der Waals surface area (Å²) in [6, 6.07) is 4.11. The highest BCUT2D eigenvalue weighted by Gasteiger charge is 2.34. The molecule has 0 amide bonds. The molecule has 2 aliphatic rings. The number of nitrogens with one attached hydrogen (secondary N) is 2. The number of aromatic nitrogens is 1. The summed E-state index contributed by atoms with van der Waals surface area (Å²) in [4.78, 5) is 11.1. The van der Waals surface area contributed by atoms with E-state index < -0.39 is 0 Å². The predicted molar refractivity (Wildman–Crippen MR) is 116 cm³/mol. The average molecular weight is 408 g/mol. The summed E-state index contributed by atoms with van der Waals surface area (Å²) < 4.78 is 5.63. The lowest BCUT2D eigenvalue weighted by molar-refractivity contribution is 0.105. The van der Waals surface area contributed by atoms with Gasteiger partial charge in [-0.2, -0.15) is 0 Å². The van der Waals surface area contributed by atoms with Gasteiger partial charge in [0.2, 0.25) is 0 Å². The van der Waals surface area contributed by atoms with Gasteiger partial charge in [-0.05, 0) is 50.2 Å². The molecule has 0 radical (unpaired) electrons. The molecule has 28 heavy (non-hydrogen) atoms. The lowest BCUT2D eigenvalue weighted by atomic mass is 9.83. The summed E-state index contributed by atoms with van der Waals surface area (Å²) in [6.45, 7) is 6.51. The summed E-state index contributed by atoms with van der Waals surface area (Å²) in [6.07, 6.45) is 9.17. The molecule has 2 fully saturated rings. The molecule has 3 rings (SSSR count). The van der Waals surface area contributed by atoms with E-state index in [9.17, 15) is 0 Å². The molecule has 156 valence electrons. The standard InChI is InChI=1S/C21H34ClN5O/c1-3-28-14-11-21(9-4-5-10-21)16-25-20(23-2)26-17-8-13-27(15-17)19-18(22)7-6-12-24-19/h6-7,12,17H,3-5,8-11,13-16H2,1-2H3,(H2,23,25,26). The molecule has 1 saturated heterocycles. The van der Waals surface area contributed by atoms with Crippen LogP contribution < -0.4 is 15.5 Å². The van der Waals surface area contributed by atoms with Crippen LogP contribution in [0, 0.1) is 5.41 Å². The molecule has 2 N–H and O–H groups in total. The quantitative estimate of drug-likeness (QED) is 0.392. The first-order chi connectivity index (χ1) is 13.7. The van der Waals surface area contributed by atoms with Crippen molar-refractivity contribution in [1.82, 2.24) is 15.6 Å². The van der Waals surface area contributed by atoms with Crippen molar-refractivity contribution >= 4 is 23.4 Å². The highest BCUT2D eigenvalue weighted by atomic mass is 35.5. The zero-order valence-electron chi connectivity index (χ0n) is 17.2. The van der Waals surface area contributed by atoms with E-state index in [1.54, 1.807) is 6.20 Å². The normalized spacial score (nSPS) is 21.9. The second-order valence-electron chi connectivity index (χ2n) is 7.96. The minimum Gasteiger partial charge on any atom is -0.382 e. The van der Waals surface area contributed by atoms with E-state index in [1.165, 1.54) is 25.7 Å². The van der Waals surface area contributed by atoms with Crippen molar-refractivity contribution < 1.29 is 4.74 Å². The summed E-state index contributed by atoms with van der Waals surface area (Å²) in [7, 11) is 1.85. The van der Waals surface area contributed by atoms with Gasteiger partial charge < -0.3 is 20.3 Å². The number of halogens is 1. The third-order valence-electron chi connectivity index (χ3n) is 6.07. The lowest BCUT2D eigenvalue weighted by Gasteiger charge is -2.30. The van der Waals surface area contributed by atoms with Gasteiger partial charge >= 0.3 is 0 Å². The third kappa shape index (κ3) is 5.51. The number of hydrogen-bond acceptors (Lipinski definition) is 4. The number of hydrogen-bond donors (Lipinski definition) is 2. The number of nitrogens with zero attached hydrogens (tertiary/aromatic N) is 3. The highest BCUT2D eigenvalue weighted by Crippen LogP contribution is 2.40. The second kappa shape index (κ2) is 10.3. The van der Waals surface area contributed by atoms with Crippen molar-refractivity contribution in [1.29, 1.82) is 0 Å². The molecule has 2 heterocycles. The number of guanidine groups is 1. The van der Waals surface area contributed by atoms with Crippen LogP contribution in [0.4, 0.5) is 5.82 Å². The van der Waals surface area contributed by atoms with Gasteiger partial charge in [-0.1, -0.05) is 24.4 Å². The van der Waals surface area contributed by atoms with E-state index in [2.05, 4.69) is 32.4 Å². The minimum atomic E-state index is 0.340. The minimum absolute atomic E-state index is 0.340. The molecule has 1 unspecified atom stereocenters. The number of pyridine rings is 1. The molecule has 1 aromatic heterocycles. The summed E-state index contributed by atoms with van der Waals surface area (Å²) in [5, 5.41) is 7.89. The molecule has 1 saturated carbocycles. The van der Waals surface area contributed by atoms with Gasteiger partial charge in [0, 0.05) is 52.1 Å². The SMILES string of the molecule is CCOCCC1(CNC(=NC)NC2CCN(c3ncccc3Cl)C2)CCCC1. The molecule has 1 atom stereocenters. The molecule has 0 spiro atoms. The number of anilines is 1. The highest BCUT2D eigenvalue weighted by molar-refractivity contribution is 6.32. The van der Waals surface area contributed by atoms with Crippen LogP contribution in [-0.2, 0) is 4.74 Å². The topological polar surface area (TPSA) is 61.8 Å². The third-order valence-corrected chi connectivity index (χ3v) is 6.36. The second-order valence-corrected chi connectivity index (χ2v) is 8.37. The Labute approximate surface area is 174 Å². The van der Waals surface area contributed by atoms with Gasteiger partial charge in [0.15, 0.2) is 5.96 Å². The molecule has 1 aromatic rings. The van der Waals surface area contributed by atoms with Gasteiger partial charge in [-0.3, -0.25) is 4.99 Å². The van der Waals surface area contributed by atoms with E-state index in [0.29, 0.717) is 16.5 Å².